The lowest BCUT2D eigenvalue weighted by atomic mass is 10.1. The zero-order valence-electron chi connectivity index (χ0n) is 14.4. The lowest BCUT2D eigenvalue weighted by molar-refractivity contribution is -0.134. The molecule has 1 fully saturated rings. The highest BCUT2D eigenvalue weighted by molar-refractivity contribution is 6.30. The van der Waals surface area contributed by atoms with Crippen molar-refractivity contribution in [3.8, 4) is 0 Å². The highest BCUT2D eigenvalue weighted by Gasteiger charge is 2.41. The Morgan fingerprint density at radius 1 is 1.24 bits per heavy atom. The van der Waals surface area contributed by atoms with Crippen LogP contribution in [0, 0.1) is 5.92 Å². The lowest BCUT2D eigenvalue weighted by Gasteiger charge is -2.22. The fourth-order valence-electron chi connectivity index (χ4n) is 3.02. The van der Waals surface area contributed by atoms with Gasteiger partial charge in [-0.15, -0.1) is 0 Å². The van der Waals surface area contributed by atoms with E-state index in [0.717, 1.165) is 0 Å². The summed E-state index contributed by atoms with van der Waals surface area (Å²) in [5, 5.41) is 32.8. The predicted molar refractivity (Wildman–Crippen MR) is 92.4 cm³/mol. The van der Waals surface area contributed by atoms with E-state index >= 15 is 0 Å². The zero-order chi connectivity index (χ0) is 18.4. The van der Waals surface area contributed by atoms with Crippen molar-refractivity contribution in [1.29, 1.82) is 0 Å². The molecule has 0 aromatic carbocycles. The lowest BCUT2D eigenvalue weighted by Crippen LogP contribution is -2.36. The minimum Gasteiger partial charge on any atom is -0.396 e. The number of hydrogen-bond acceptors (Lipinski definition) is 8. The van der Waals surface area contributed by atoms with Crippen LogP contribution < -0.4 is 5.32 Å². The second kappa shape index (κ2) is 9.61. The molecule has 1 aromatic heterocycles. The Bertz CT molecular complexity index is 545. The smallest absolute Gasteiger partial charge is 0.161 e. The maximum absolute atomic E-state index is 10.2. The van der Waals surface area contributed by atoms with Gasteiger partial charge in [0.1, 0.15) is 23.4 Å². The third-order valence-electron chi connectivity index (χ3n) is 4.33. The first-order chi connectivity index (χ1) is 12.0. The summed E-state index contributed by atoms with van der Waals surface area (Å²) >= 11 is 6.23. The number of hydrogen-bond donors (Lipinski definition) is 4. The average molecular weight is 376 g/mol. The molecule has 1 heterocycles. The van der Waals surface area contributed by atoms with Crippen molar-refractivity contribution in [2.24, 2.45) is 5.92 Å². The van der Waals surface area contributed by atoms with Gasteiger partial charge in [0.05, 0.1) is 12.1 Å². The van der Waals surface area contributed by atoms with Gasteiger partial charge in [-0.2, -0.15) is 0 Å². The van der Waals surface area contributed by atoms with Crippen LogP contribution in [0.5, 0.6) is 0 Å². The van der Waals surface area contributed by atoms with E-state index in [9.17, 15) is 15.3 Å². The van der Waals surface area contributed by atoms with Crippen LogP contribution in [0.1, 0.15) is 25.8 Å². The number of rotatable bonds is 9. The summed E-state index contributed by atoms with van der Waals surface area (Å²) in [6.45, 7) is 4.54. The summed E-state index contributed by atoms with van der Waals surface area (Å²) in [5.41, 5.74) is 0.616. The summed E-state index contributed by atoms with van der Waals surface area (Å²) in [4.78, 5) is 8.22. The third-order valence-corrected chi connectivity index (χ3v) is 4.65. The number of anilines is 1. The van der Waals surface area contributed by atoms with E-state index in [-0.39, 0.29) is 17.7 Å². The molecule has 1 aliphatic carbocycles. The summed E-state index contributed by atoms with van der Waals surface area (Å²) in [6, 6.07) is -0.450. The topological polar surface area (TPSA) is 117 Å². The molecule has 0 spiro atoms. The summed E-state index contributed by atoms with van der Waals surface area (Å²) in [7, 11) is 0. The Morgan fingerprint density at radius 2 is 1.92 bits per heavy atom. The number of nitrogens with zero attached hydrogens (tertiary/aromatic N) is 2. The van der Waals surface area contributed by atoms with Crippen LogP contribution in [0.3, 0.4) is 0 Å². The van der Waals surface area contributed by atoms with Gasteiger partial charge in [0, 0.05) is 37.7 Å². The second-order valence-corrected chi connectivity index (χ2v) is 6.30. The van der Waals surface area contributed by atoms with Crippen LogP contribution in [-0.2, 0) is 15.9 Å². The molecule has 0 radical (unpaired) electrons. The molecular formula is C16H26ClN3O5. The SMILES string of the molecule is CCOC(Cc1c(Cl)ncnc1NC1C[C@H](CO)[C@@H](O)C1O)OCC. The van der Waals surface area contributed by atoms with Gasteiger partial charge in [-0.25, -0.2) is 9.97 Å². The Hall–Kier alpha value is -1.03. The third kappa shape index (κ3) is 4.99. The van der Waals surface area contributed by atoms with Gasteiger partial charge in [-0.1, -0.05) is 11.6 Å². The minimum atomic E-state index is -1.01. The van der Waals surface area contributed by atoms with Crippen molar-refractivity contribution in [2.75, 3.05) is 25.1 Å². The molecule has 1 aromatic rings. The average Bonchev–Trinajstić information content (AvgIpc) is 2.86. The molecule has 4 N–H and O–H groups in total. The first kappa shape index (κ1) is 20.3. The van der Waals surface area contributed by atoms with Gasteiger partial charge in [-0.05, 0) is 20.3 Å². The summed E-state index contributed by atoms with van der Waals surface area (Å²) < 4.78 is 11.1. The van der Waals surface area contributed by atoms with Gasteiger partial charge in [0.2, 0.25) is 0 Å². The highest BCUT2D eigenvalue weighted by atomic mass is 35.5. The molecule has 0 saturated heterocycles. The van der Waals surface area contributed by atoms with Gasteiger partial charge >= 0.3 is 0 Å². The number of aliphatic hydroxyl groups excluding tert-OH is 3. The normalized spacial score (nSPS) is 26.4. The number of nitrogens with one attached hydrogen (secondary N) is 1. The van der Waals surface area contributed by atoms with E-state index in [1.54, 1.807) is 0 Å². The molecule has 8 nitrogen and oxygen atoms in total. The van der Waals surface area contributed by atoms with Gasteiger partial charge in [0.15, 0.2) is 6.29 Å². The van der Waals surface area contributed by atoms with E-state index in [1.807, 2.05) is 13.8 Å². The van der Waals surface area contributed by atoms with Crippen molar-refractivity contribution in [1.82, 2.24) is 9.97 Å². The van der Waals surface area contributed by atoms with Crippen LogP contribution in [0.4, 0.5) is 5.82 Å². The fourth-order valence-corrected chi connectivity index (χ4v) is 3.24. The monoisotopic (exact) mass is 375 g/mol. The van der Waals surface area contributed by atoms with Crippen molar-refractivity contribution in [3.05, 3.63) is 17.0 Å². The highest BCUT2D eigenvalue weighted by Crippen LogP contribution is 2.31. The molecule has 142 valence electrons. The summed E-state index contributed by atoms with van der Waals surface area (Å²) in [5.74, 6) is 0.0760. The Balaban J connectivity index is 2.17. The molecule has 2 unspecified atom stereocenters. The Kier molecular flexibility index (Phi) is 7.80. The first-order valence-corrected chi connectivity index (χ1v) is 8.85. The van der Waals surface area contributed by atoms with Crippen molar-refractivity contribution >= 4 is 17.4 Å². The van der Waals surface area contributed by atoms with E-state index in [2.05, 4.69) is 15.3 Å². The fraction of sp³-hybridized carbons (Fsp3) is 0.750. The Morgan fingerprint density at radius 3 is 2.48 bits per heavy atom. The standard InChI is InChI=1S/C16H26ClN3O5/c1-3-24-12(25-4-2)6-10-15(17)18-8-19-16(10)20-11-5-9(7-21)13(22)14(11)23/h8-9,11-14,21-23H,3-7H2,1-2H3,(H,18,19,20)/t9-,11?,13-,14?/m1/s1. The van der Waals surface area contributed by atoms with E-state index < -0.39 is 24.5 Å². The molecule has 25 heavy (non-hydrogen) atoms. The predicted octanol–water partition coefficient (Wildman–Crippen LogP) is 0.586. The minimum absolute atomic E-state index is 0.190. The van der Waals surface area contributed by atoms with Gasteiger partial charge in [0.25, 0.3) is 0 Å². The van der Waals surface area contributed by atoms with Crippen LogP contribution in [-0.4, -0.2) is 69.6 Å². The molecule has 0 bridgehead atoms. The van der Waals surface area contributed by atoms with E-state index in [0.29, 0.717) is 37.4 Å². The van der Waals surface area contributed by atoms with Crippen LogP contribution >= 0.6 is 11.6 Å². The molecular weight excluding hydrogens is 350 g/mol. The maximum Gasteiger partial charge on any atom is 0.161 e. The maximum atomic E-state index is 10.2. The van der Waals surface area contributed by atoms with Crippen molar-refractivity contribution in [3.63, 3.8) is 0 Å². The molecule has 1 saturated carbocycles. The van der Waals surface area contributed by atoms with Crippen LogP contribution in [0.15, 0.2) is 6.33 Å². The molecule has 9 heteroatoms. The van der Waals surface area contributed by atoms with Crippen LogP contribution in [0.2, 0.25) is 5.15 Å². The molecule has 1 aliphatic rings. The quantitative estimate of drug-likeness (QED) is 0.366. The molecule has 0 aliphatic heterocycles. The number of aliphatic hydroxyl groups is 3. The summed E-state index contributed by atoms with van der Waals surface area (Å²) in [6.07, 6.45) is -0.385. The zero-order valence-corrected chi connectivity index (χ0v) is 15.2. The van der Waals surface area contributed by atoms with E-state index in [4.69, 9.17) is 21.1 Å². The first-order valence-electron chi connectivity index (χ1n) is 8.47. The van der Waals surface area contributed by atoms with Crippen LogP contribution in [0.25, 0.3) is 0 Å². The number of aromatic nitrogens is 2. The van der Waals surface area contributed by atoms with Gasteiger partial charge < -0.3 is 30.1 Å². The largest absolute Gasteiger partial charge is 0.396 e. The van der Waals surface area contributed by atoms with Crippen molar-refractivity contribution in [2.45, 2.75) is 51.2 Å². The second-order valence-electron chi connectivity index (χ2n) is 5.95. The number of ether oxygens (including phenoxy) is 2. The van der Waals surface area contributed by atoms with Gasteiger partial charge in [-0.3, -0.25) is 0 Å². The van der Waals surface area contributed by atoms with E-state index in [1.165, 1.54) is 6.33 Å². The van der Waals surface area contributed by atoms with Crippen molar-refractivity contribution < 1.29 is 24.8 Å². The molecule has 0 amide bonds. The molecule has 4 atom stereocenters. The number of halogens is 1. The molecule has 2 rings (SSSR count). The Labute approximate surface area is 152 Å².